The number of aromatic nitrogens is 3. The number of hydrogen-bond acceptors (Lipinski definition) is 3. The fraction of sp³-hybridized carbons (Fsp3) is 0. The van der Waals surface area contributed by atoms with E-state index >= 15 is 0 Å². The number of nitrogens with two attached hydrogens (primary N) is 1. The topological polar surface area (TPSA) is 56.7 Å². The molecule has 0 amide bonds. The highest BCUT2D eigenvalue weighted by molar-refractivity contribution is 5.63. The van der Waals surface area contributed by atoms with Crippen LogP contribution < -0.4 is 5.73 Å². The summed E-state index contributed by atoms with van der Waals surface area (Å²) in [6.07, 6.45) is 7.28. The Hall–Kier alpha value is -2.62. The molecule has 0 aliphatic heterocycles. The van der Waals surface area contributed by atoms with Crippen LogP contribution in [0, 0.1) is 0 Å². The van der Waals surface area contributed by atoms with Crippen LogP contribution >= 0.6 is 0 Å². The van der Waals surface area contributed by atoms with Crippen LogP contribution in [0.4, 0.5) is 5.69 Å². The van der Waals surface area contributed by atoms with Crippen molar-refractivity contribution in [3.8, 4) is 16.9 Å². The van der Waals surface area contributed by atoms with Gasteiger partial charge in [-0.25, -0.2) is 4.98 Å². The fourth-order valence-corrected chi connectivity index (χ4v) is 1.82. The first-order valence-corrected chi connectivity index (χ1v) is 5.63. The lowest BCUT2D eigenvalue weighted by molar-refractivity contribution is 1.04. The molecule has 0 fully saturated rings. The van der Waals surface area contributed by atoms with Crippen molar-refractivity contribution in [3.63, 3.8) is 0 Å². The van der Waals surface area contributed by atoms with Crippen molar-refractivity contribution in [3.05, 3.63) is 61.3 Å². The summed E-state index contributed by atoms with van der Waals surface area (Å²) >= 11 is 0. The number of nitrogens with zero attached hydrogens (tertiary/aromatic N) is 3. The van der Waals surface area contributed by atoms with E-state index in [1.807, 2.05) is 47.2 Å². The summed E-state index contributed by atoms with van der Waals surface area (Å²) in [5.41, 5.74) is 9.40. The van der Waals surface area contributed by atoms with E-state index in [1.54, 1.807) is 18.7 Å². The largest absolute Gasteiger partial charge is 0.399 e. The van der Waals surface area contributed by atoms with Gasteiger partial charge in [0.15, 0.2) is 0 Å². The third kappa shape index (κ3) is 1.96. The first-order valence-electron chi connectivity index (χ1n) is 5.63. The number of nitrogen functional groups attached to an aromatic ring is 1. The van der Waals surface area contributed by atoms with Gasteiger partial charge in [0.25, 0.3) is 0 Å². The van der Waals surface area contributed by atoms with Crippen LogP contribution in [-0.4, -0.2) is 14.5 Å². The lowest BCUT2D eigenvalue weighted by Crippen LogP contribution is -1.89. The summed E-state index contributed by atoms with van der Waals surface area (Å²) in [4.78, 5) is 8.47. The first kappa shape index (κ1) is 10.5. The molecule has 0 unspecified atom stereocenters. The molecule has 0 aliphatic rings. The summed E-state index contributed by atoms with van der Waals surface area (Å²) in [7, 11) is 0. The van der Waals surface area contributed by atoms with Crippen molar-refractivity contribution in [2.45, 2.75) is 0 Å². The van der Waals surface area contributed by atoms with Gasteiger partial charge >= 0.3 is 0 Å². The zero-order valence-electron chi connectivity index (χ0n) is 9.69. The SMILES string of the molecule is Nc1cccc(-c2cn(-c3cccnc3)cn2)c1. The Labute approximate surface area is 105 Å². The Balaban J connectivity index is 2.00. The zero-order chi connectivity index (χ0) is 12.4. The second-order valence-electron chi connectivity index (χ2n) is 4.00. The number of pyridine rings is 1. The van der Waals surface area contributed by atoms with Crippen LogP contribution in [0.25, 0.3) is 16.9 Å². The Morgan fingerprint density at radius 1 is 1.11 bits per heavy atom. The van der Waals surface area contributed by atoms with Crippen molar-refractivity contribution >= 4 is 5.69 Å². The first-order chi connectivity index (χ1) is 8.83. The van der Waals surface area contributed by atoms with Gasteiger partial charge in [-0.3, -0.25) is 4.98 Å². The zero-order valence-corrected chi connectivity index (χ0v) is 9.69. The molecule has 2 heterocycles. The lowest BCUT2D eigenvalue weighted by Gasteiger charge is -2.00. The maximum atomic E-state index is 5.77. The Kier molecular flexibility index (Phi) is 2.53. The molecule has 2 aromatic heterocycles. The smallest absolute Gasteiger partial charge is 0.1000 e. The molecule has 18 heavy (non-hydrogen) atoms. The predicted molar refractivity (Wildman–Crippen MR) is 71.2 cm³/mol. The Bertz CT molecular complexity index is 658. The minimum Gasteiger partial charge on any atom is -0.399 e. The van der Waals surface area contributed by atoms with Crippen LogP contribution in [-0.2, 0) is 0 Å². The molecule has 0 atom stereocenters. The normalized spacial score (nSPS) is 10.4. The minimum absolute atomic E-state index is 0.739. The molecule has 0 spiro atoms. The van der Waals surface area contributed by atoms with Gasteiger partial charge in [-0.05, 0) is 24.3 Å². The number of imidazole rings is 1. The van der Waals surface area contributed by atoms with E-state index in [2.05, 4.69) is 9.97 Å². The highest BCUT2D eigenvalue weighted by Crippen LogP contribution is 2.20. The van der Waals surface area contributed by atoms with Crippen molar-refractivity contribution in [1.82, 2.24) is 14.5 Å². The maximum absolute atomic E-state index is 5.77. The van der Waals surface area contributed by atoms with Crippen molar-refractivity contribution in [2.24, 2.45) is 0 Å². The molecule has 4 nitrogen and oxygen atoms in total. The molecule has 4 heteroatoms. The van der Waals surface area contributed by atoms with E-state index in [4.69, 9.17) is 5.73 Å². The molecule has 0 saturated heterocycles. The van der Waals surface area contributed by atoms with E-state index < -0.39 is 0 Å². The Morgan fingerprint density at radius 3 is 2.83 bits per heavy atom. The molecule has 0 bridgehead atoms. The summed E-state index contributed by atoms with van der Waals surface area (Å²) < 4.78 is 1.94. The molecule has 3 rings (SSSR count). The highest BCUT2D eigenvalue weighted by atomic mass is 15.0. The number of anilines is 1. The monoisotopic (exact) mass is 236 g/mol. The average Bonchev–Trinajstić information content (AvgIpc) is 2.89. The third-order valence-corrected chi connectivity index (χ3v) is 2.71. The van der Waals surface area contributed by atoms with E-state index in [0.717, 1.165) is 22.6 Å². The van der Waals surface area contributed by atoms with Crippen molar-refractivity contribution < 1.29 is 0 Å². The number of benzene rings is 1. The van der Waals surface area contributed by atoms with Gasteiger partial charge in [0.2, 0.25) is 0 Å². The van der Waals surface area contributed by atoms with Crippen LogP contribution in [0.3, 0.4) is 0 Å². The Morgan fingerprint density at radius 2 is 2.06 bits per heavy atom. The third-order valence-electron chi connectivity index (χ3n) is 2.71. The van der Waals surface area contributed by atoms with Crippen LogP contribution in [0.15, 0.2) is 61.3 Å². The van der Waals surface area contributed by atoms with Crippen molar-refractivity contribution in [1.29, 1.82) is 0 Å². The molecule has 1 aromatic carbocycles. The second-order valence-corrected chi connectivity index (χ2v) is 4.00. The second kappa shape index (κ2) is 4.33. The van der Waals surface area contributed by atoms with Gasteiger partial charge in [0, 0.05) is 23.6 Å². The predicted octanol–water partition coefficient (Wildman–Crippen LogP) is 2.52. The molecule has 0 saturated carbocycles. The van der Waals surface area contributed by atoms with Crippen molar-refractivity contribution in [2.75, 3.05) is 5.73 Å². The molecular weight excluding hydrogens is 224 g/mol. The van der Waals surface area contributed by atoms with Crippen LogP contribution in [0.1, 0.15) is 0 Å². The average molecular weight is 236 g/mol. The van der Waals surface area contributed by atoms with Gasteiger partial charge < -0.3 is 10.3 Å². The lowest BCUT2D eigenvalue weighted by atomic mass is 10.1. The van der Waals surface area contributed by atoms with Crippen LogP contribution in [0.2, 0.25) is 0 Å². The van der Waals surface area contributed by atoms with E-state index in [9.17, 15) is 0 Å². The molecule has 2 N–H and O–H groups in total. The molecule has 3 aromatic rings. The summed E-state index contributed by atoms with van der Waals surface area (Å²) in [6.45, 7) is 0. The van der Waals surface area contributed by atoms with Crippen LogP contribution in [0.5, 0.6) is 0 Å². The molecular formula is C14H12N4. The standard InChI is InChI=1S/C14H12N4/c15-12-4-1-3-11(7-12)14-9-18(10-17-14)13-5-2-6-16-8-13/h1-10H,15H2. The fourth-order valence-electron chi connectivity index (χ4n) is 1.82. The van der Waals surface area contributed by atoms with Gasteiger partial charge in [-0.15, -0.1) is 0 Å². The van der Waals surface area contributed by atoms with E-state index in [-0.39, 0.29) is 0 Å². The van der Waals surface area contributed by atoms with E-state index in [0.29, 0.717) is 0 Å². The number of hydrogen-bond donors (Lipinski definition) is 1. The van der Waals surface area contributed by atoms with Gasteiger partial charge in [0.05, 0.1) is 23.9 Å². The summed E-state index contributed by atoms with van der Waals surface area (Å²) in [5, 5.41) is 0. The minimum atomic E-state index is 0.739. The summed E-state index contributed by atoms with van der Waals surface area (Å²) in [5.74, 6) is 0. The van der Waals surface area contributed by atoms with E-state index in [1.165, 1.54) is 0 Å². The quantitative estimate of drug-likeness (QED) is 0.695. The van der Waals surface area contributed by atoms with Gasteiger partial charge in [-0.2, -0.15) is 0 Å². The van der Waals surface area contributed by atoms with Gasteiger partial charge in [0.1, 0.15) is 0 Å². The molecule has 88 valence electrons. The molecule has 0 radical (unpaired) electrons. The molecule has 0 aliphatic carbocycles. The maximum Gasteiger partial charge on any atom is 0.1000 e. The highest BCUT2D eigenvalue weighted by Gasteiger charge is 2.03. The number of rotatable bonds is 2. The van der Waals surface area contributed by atoms with Gasteiger partial charge in [-0.1, -0.05) is 12.1 Å². The summed E-state index contributed by atoms with van der Waals surface area (Å²) in [6, 6.07) is 11.6.